The number of carbonyl (C=O) groups is 1. The van der Waals surface area contributed by atoms with Crippen molar-refractivity contribution in [2.75, 3.05) is 5.32 Å². The van der Waals surface area contributed by atoms with Crippen molar-refractivity contribution < 1.29 is 9.32 Å². The van der Waals surface area contributed by atoms with E-state index in [1.54, 1.807) is 0 Å². The molecule has 4 aliphatic carbocycles. The number of nitrogens with one attached hydrogen (secondary N) is 2. The van der Waals surface area contributed by atoms with Crippen LogP contribution in [0.2, 0.25) is 0 Å². The maximum atomic E-state index is 12.3. The van der Waals surface area contributed by atoms with E-state index in [9.17, 15) is 4.79 Å². The largest absolute Gasteiger partial charge is 0.338 e. The molecule has 5 nitrogen and oxygen atoms in total. The molecule has 5 heteroatoms. The summed E-state index contributed by atoms with van der Waals surface area (Å²) in [6.45, 7) is 3.78. The van der Waals surface area contributed by atoms with Gasteiger partial charge in [0.1, 0.15) is 0 Å². The van der Waals surface area contributed by atoms with Crippen LogP contribution in [0.1, 0.15) is 49.8 Å². The van der Waals surface area contributed by atoms with Crippen LogP contribution in [0.15, 0.2) is 4.52 Å². The Labute approximate surface area is 124 Å². The number of hydrogen-bond donors (Lipinski definition) is 2. The lowest BCUT2D eigenvalue weighted by Crippen LogP contribution is -2.60. The molecule has 114 valence electrons. The van der Waals surface area contributed by atoms with E-state index < -0.39 is 0 Å². The summed E-state index contributed by atoms with van der Waals surface area (Å²) in [6, 6.07) is -0.142. The molecule has 0 atom stereocenters. The maximum absolute atomic E-state index is 12.3. The number of anilines is 1. The second-order valence-electron chi connectivity index (χ2n) is 7.50. The zero-order valence-corrected chi connectivity index (χ0v) is 12.7. The average molecular weight is 289 g/mol. The molecule has 2 amide bonds. The highest BCUT2D eigenvalue weighted by Gasteiger charge is 2.51. The maximum Gasteiger partial charge on any atom is 0.322 e. The first kappa shape index (κ1) is 13.2. The molecule has 1 heterocycles. The summed E-state index contributed by atoms with van der Waals surface area (Å²) in [4.78, 5) is 12.3. The number of aryl methyl sites for hydroxylation is 1. The first-order valence-electron chi connectivity index (χ1n) is 8.05. The molecule has 4 fully saturated rings. The van der Waals surface area contributed by atoms with Gasteiger partial charge in [0, 0.05) is 11.1 Å². The number of hydrogen-bond acceptors (Lipinski definition) is 3. The van der Waals surface area contributed by atoms with Crippen molar-refractivity contribution in [3.05, 3.63) is 11.3 Å². The van der Waals surface area contributed by atoms with Gasteiger partial charge in [0.05, 0.1) is 5.69 Å². The van der Waals surface area contributed by atoms with Crippen LogP contribution in [-0.4, -0.2) is 16.7 Å². The fourth-order valence-electron chi connectivity index (χ4n) is 5.17. The zero-order chi connectivity index (χ0) is 14.6. The first-order valence-corrected chi connectivity index (χ1v) is 8.05. The molecule has 0 aromatic carbocycles. The molecule has 0 saturated heterocycles. The molecule has 0 spiro atoms. The van der Waals surface area contributed by atoms with Crippen LogP contribution in [0.25, 0.3) is 0 Å². The van der Waals surface area contributed by atoms with E-state index in [0.717, 1.165) is 48.3 Å². The van der Waals surface area contributed by atoms with Gasteiger partial charge < -0.3 is 9.84 Å². The molecule has 0 aliphatic heterocycles. The minimum Gasteiger partial charge on any atom is -0.338 e. The summed E-state index contributed by atoms with van der Waals surface area (Å²) < 4.78 is 5.16. The number of carbonyl (C=O) groups excluding carboxylic acids is 1. The molecule has 0 unspecified atom stereocenters. The predicted octanol–water partition coefficient (Wildman–Crippen LogP) is 3.38. The summed E-state index contributed by atoms with van der Waals surface area (Å²) in [5.74, 6) is 2.94. The lowest BCUT2D eigenvalue weighted by molar-refractivity contribution is -0.0127. The van der Waals surface area contributed by atoms with Crippen LogP contribution in [0.3, 0.4) is 0 Å². The van der Waals surface area contributed by atoms with Crippen molar-refractivity contribution in [2.45, 2.75) is 57.9 Å². The second kappa shape index (κ2) is 4.49. The van der Waals surface area contributed by atoms with Gasteiger partial charge in [-0.2, -0.15) is 0 Å². The third kappa shape index (κ3) is 2.23. The highest BCUT2D eigenvalue weighted by Crippen LogP contribution is 2.55. The fraction of sp³-hybridized carbons (Fsp3) is 0.750. The Hall–Kier alpha value is -1.52. The molecule has 1 aromatic rings. The minimum atomic E-state index is -0.142. The Balaban J connectivity index is 1.46. The number of amides is 2. The average Bonchev–Trinajstić information content (AvgIpc) is 2.68. The third-order valence-electron chi connectivity index (χ3n) is 5.80. The minimum absolute atomic E-state index is 0.0296. The molecule has 4 bridgehead atoms. The number of nitrogens with zero attached hydrogens (tertiary/aromatic N) is 1. The van der Waals surface area contributed by atoms with Crippen LogP contribution >= 0.6 is 0 Å². The van der Waals surface area contributed by atoms with Crippen molar-refractivity contribution in [2.24, 2.45) is 17.8 Å². The Morgan fingerprint density at radius 1 is 1.14 bits per heavy atom. The molecular formula is C16H23N3O2. The summed E-state index contributed by atoms with van der Waals surface area (Å²) in [5.41, 5.74) is 1.75. The summed E-state index contributed by atoms with van der Waals surface area (Å²) in [7, 11) is 0. The zero-order valence-electron chi connectivity index (χ0n) is 12.7. The second-order valence-corrected chi connectivity index (χ2v) is 7.50. The topological polar surface area (TPSA) is 67.2 Å². The van der Waals surface area contributed by atoms with Crippen LogP contribution < -0.4 is 10.6 Å². The molecule has 21 heavy (non-hydrogen) atoms. The molecule has 4 saturated carbocycles. The molecule has 1 aromatic heterocycles. The van der Waals surface area contributed by atoms with Crippen LogP contribution in [0, 0.1) is 31.6 Å². The van der Waals surface area contributed by atoms with E-state index in [4.69, 9.17) is 4.52 Å². The smallest absolute Gasteiger partial charge is 0.322 e. The van der Waals surface area contributed by atoms with Crippen molar-refractivity contribution in [3.63, 3.8) is 0 Å². The van der Waals surface area contributed by atoms with E-state index >= 15 is 0 Å². The molecule has 4 aliphatic rings. The van der Waals surface area contributed by atoms with Gasteiger partial charge in [0.25, 0.3) is 0 Å². The summed E-state index contributed by atoms with van der Waals surface area (Å²) in [5, 5.41) is 9.98. The fourth-order valence-corrected chi connectivity index (χ4v) is 5.17. The Bertz CT molecular complexity index is 543. The SMILES string of the molecule is Cc1noc(NC(=O)NC23CC4CC(CC(C4)C2)C3)c1C. The van der Waals surface area contributed by atoms with Crippen LogP contribution in [-0.2, 0) is 0 Å². The van der Waals surface area contributed by atoms with Gasteiger partial charge >= 0.3 is 6.03 Å². The van der Waals surface area contributed by atoms with E-state index in [1.165, 1.54) is 19.3 Å². The number of rotatable bonds is 2. The highest BCUT2D eigenvalue weighted by atomic mass is 16.5. The quantitative estimate of drug-likeness (QED) is 0.877. The van der Waals surface area contributed by atoms with E-state index in [-0.39, 0.29) is 11.6 Å². The number of aromatic nitrogens is 1. The summed E-state index contributed by atoms with van der Waals surface area (Å²) >= 11 is 0. The molecule has 2 N–H and O–H groups in total. The predicted molar refractivity (Wildman–Crippen MR) is 79.0 cm³/mol. The van der Waals surface area contributed by atoms with Crippen LogP contribution in [0.4, 0.5) is 10.7 Å². The van der Waals surface area contributed by atoms with Crippen molar-refractivity contribution >= 4 is 11.9 Å². The lowest BCUT2D eigenvalue weighted by Gasteiger charge is -2.56. The van der Waals surface area contributed by atoms with Gasteiger partial charge in [-0.3, -0.25) is 5.32 Å². The van der Waals surface area contributed by atoms with Gasteiger partial charge in [-0.05, 0) is 70.1 Å². The van der Waals surface area contributed by atoms with Crippen LogP contribution in [0.5, 0.6) is 0 Å². The highest BCUT2D eigenvalue weighted by molar-refractivity contribution is 5.89. The van der Waals surface area contributed by atoms with E-state index in [2.05, 4.69) is 15.8 Å². The number of urea groups is 1. The standard InChI is InChI=1S/C16H23N3O2/c1-9-10(2)19-21-14(9)17-15(20)18-16-6-11-3-12(7-16)5-13(4-11)8-16/h11-13H,3-8H2,1-2H3,(H2,17,18,20). The monoisotopic (exact) mass is 289 g/mol. The lowest BCUT2D eigenvalue weighted by atomic mass is 9.53. The first-order chi connectivity index (χ1) is 10.0. The summed E-state index contributed by atoms with van der Waals surface area (Å²) in [6.07, 6.45) is 7.59. The van der Waals surface area contributed by atoms with Crippen molar-refractivity contribution in [3.8, 4) is 0 Å². The van der Waals surface area contributed by atoms with E-state index in [0.29, 0.717) is 5.88 Å². The van der Waals surface area contributed by atoms with Gasteiger partial charge in [-0.15, -0.1) is 0 Å². The Kier molecular flexibility index (Phi) is 2.81. The van der Waals surface area contributed by atoms with Gasteiger partial charge in [-0.1, -0.05) is 5.16 Å². The van der Waals surface area contributed by atoms with E-state index in [1.807, 2.05) is 13.8 Å². The Morgan fingerprint density at radius 3 is 2.19 bits per heavy atom. The molecular weight excluding hydrogens is 266 g/mol. The normalized spacial score (nSPS) is 36.8. The van der Waals surface area contributed by atoms with Gasteiger partial charge in [0.2, 0.25) is 5.88 Å². The molecule has 0 radical (unpaired) electrons. The van der Waals surface area contributed by atoms with Gasteiger partial charge in [0.15, 0.2) is 0 Å². The van der Waals surface area contributed by atoms with Crippen molar-refractivity contribution in [1.29, 1.82) is 0 Å². The Morgan fingerprint density at radius 2 is 1.71 bits per heavy atom. The third-order valence-corrected chi connectivity index (χ3v) is 5.80. The van der Waals surface area contributed by atoms with Crippen molar-refractivity contribution in [1.82, 2.24) is 10.5 Å². The van der Waals surface area contributed by atoms with Gasteiger partial charge in [-0.25, -0.2) is 4.79 Å². The molecule has 5 rings (SSSR count).